The third-order valence-corrected chi connectivity index (χ3v) is 1.85. The second-order valence-corrected chi connectivity index (χ2v) is 2.81. The summed E-state index contributed by atoms with van der Waals surface area (Å²) >= 11 is 0. The second-order valence-electron chi connectivity index (χ2n) is 2.81. The minimum Gasteiger partial charge on any atom is -0.318 e. The van der Waals surface area contributed by atoms with Crippen molar-refractivity contribution >= 4 is 0 Å². The predicted octanol–water partition coefficient (Wildman–Crippen LogP) is 2.01. The van der Waals surface area contributed by atoms with Gasteiger partial charge >= 0.3 is 6.18 Å². The molecule has 2 nitrogen and oxygen atoms in total. The molecule has 13 heavy (non-hydrogen) atoms. The number of hydrogen-bond donors (Lipinski definition) is 1. The average molecular weight is 191 g/mol. The summed E-state index contributed by atoms with van der Waals surface area (Å²) in [5, 5.41) is 0. The number of aryl methyl sites for hydroxylation is 1. The third-order valence-electron chi connectivity index (χ3n) is 1.85. The minimum absolute atomic E-state index is 0.0621. The van der Waals surface area contributed by atoms with Gasteiger partial charge in [-0.2, -0.15) is 13.2 Å². The van der Waals surface area contributed by atoms with E-state index >= 15 is 0 Å². The van der Waals surface area contributed by atoms with Crippen LogP contribution in [0.4, 0.5) is 13.2 Å². The van der Waals surface area contributed by atoms with E-state index in [0.29, 0.717) is 5.56 Å². The number of pyridine rings is 1. The molecule has 1 heterocycles. The van der Waals surface area contributed by atoms with Gasteiger partial charge < -0.3 is 4.98 Å². The van der Waals surface area contributed by atoms with Crippen LogP contribution >= 0.6 is 0 Å². The molecule has 0 spiro atoms. The SMILES string of the molecule is Cc1cc(=O)[nH]c(C(F)(F)F)c1C. The fourth-order valence-corrected chi connectivity index (χ4v) is 1.04. The Morgan fingerprint density at radius 2 is 1.85 bits per heavy atom. The molecule has 1 aromatic heterocycles. The largest absolute Gasteiger partial charge is 0.431 e. The fourth-order valence-electron chi connectivity index (χ4n) is 1.04. The van der Waals surface area contributed by atoms with Crippen molar-refractivity contribution < 1.29 is 13.2 Å². The zero-order valence-electron chi connectivity index (χ0n) is 7.12. The lowest BCUT2D eigenvalue weighted by Crippen LogP contribution is -2.18. The van der Waals surface area contributed by atoms with E-state index in [9.17, 15) is 18.0 Å². The van der Waals surface area contributed by atoms with Crippen LogP contribution in [0.25, 0.3) is 0 Å². The first-order valence-electron chi connectivity index (χ1n) is 3.60. The van der Waals surface area contributed by atoms with Crippen molar-refractivity contribution in [3.05, 3.63) is 33.2 Å². The molecule has 0 bridgehead atoms. The molecular weight excluding hydrogens is 183 g/mol. The summed E-state index contributed by atoms with van der Waals surface area (Å²) < 4.78 is 36.7. The summed E-state index contributed by atoms with van der Waals surface area (Å²) in [5.41, 5.74) is -1.28. The van der Waals surface area contributed by atoms with Gasteiger partial charge in [-0.15, -0.1) is 0 Å². The van der Waals surface area contributed by atoms with Crippen molar-refractivity contribution in [1.82, 2.24) is 4.98 Å². The summed E-state index contributed by atoms with van der Waals surface area (Å²) in [4.78, 5) is 12.5. The molecule has 0 saturated heterocycles. The molecule has 0 unspecified atom stereocenters. The number of halogens is 3. The molecule has 0 aliphatic rings. The van der Waals surface area contributed by atoms with Crippen LogP contribution in [0.3, 0.4) is 0 Å². The van der Waals surface area contributed by atoms with Crippen molar-refractivity contribution in [2.75, 3.05) is 0 Å². The highest BCUT2D eigenvalue weighted by Gasteiger charge is 2.34. The van der Waals surface area contributed by atoms with Crippen molar-refractivity contribution in [3.63, 3.8) is 0 Å². The van der Waals surface area contributed by atoms with Crippen molar-refractivity contribution in [2.45, 2.75) is 20.0 Å². The van der Waals surface area contributed by atoms with Crippen molar-refractivity contribution in [1.29, 1.82) is 0 Å². The van der Waals surface area contributed by atoms with E-state index in [1.165, 1.54) is 13.8 Å². The van der Waals surface area contributed by atoms with Gasteiger partial charge in [0.1, 0.15) is 5.69 Å². The number of rotatable bonds is 0. The first-order valence-corrected chi connectivity index (χ1v) is 3.60. The molecule has 0 radical (unpaired) electrons. The highest BCUT2D eigenvalue weighted by Crippen LogP contribution is 2.29. The summed E-state index contributed by atoms with van der Waals surface area (Å²) in [6.07, 6.45) is -4.49. The summed E-state index contributed by atoms with van der Waals surface area (Å²) in [7, 11) is 0. The van der Waals surface area contributed by atoms with Gasteiger partial charge in [-0.05, 0) is 25.0 Å². The first kappa shape index (κ1) is 9.83. The lowest BCUT2D eigenvalue weighted by molar-refractivity contribution is -0.141. The number of H-pyrrole nitrogens is 1. The van der Waals surface area contributed by atoms with E-state index < -0.39 is 17.4 Å². The van der Waals surface area contributed by atoms with Crippen molar-refractivity contribution in [3.8, 4) is 0 Å². The van der Waals surface area contributed by atoms with Gasteiger partial charge in [0.2, 0.25) is 5.56 Å². The fraction of sp³-hybridized carbons (Fsp3) is 0.375. The van der Waals surface area contributed by atoms with E-state index in [2.05, 4.69) is 0 Å². The van der Waals surface area contributed by atoms with Gasteiger partial charge in [0, 0.05) is 6.07 Å². The van der Waals surface area contributed by atoms with Gasteiger partial charge in [-0.25, -0.2) is 0 Å². The maximum absolute atomic E-state index is 12.2. The molecule has 1 rings (SSSR count). The molecule has 5 heteroatoms. The van der Waals surface area contributed by atoms with Crippen LogP contribution in [0.15, 0.2) is 10.9 Å². The molecule has 0 aliphatic carbocycles. The molecule has 0 aromatic carbocycles. The first-order chi connectivity index (χ1) is 5.82. The molecule has 0 aliphatic heterocycles. The quantitative estimate of drug-likeness (QED) is 0.668. The number of aromatic nitrogens is 1. The Hall–Kier alpha value is -1.26. The highest BCUT2D eigenvalue weighted by molar-refractivity contribution is 5.28. The smallest absolute Gasteiger partial charge is 0.318 e. The summed E-state index contributed by atoms with van der Waals surface area (Å²) in [6, 6.07) is 1.14. The standard InChI is InChI=1S/C8H8F3NO/c1-4-3-6(13)12-7(5(4)2)8(9,10)11/h3H,1-2H3,(H,12,13). The van der Waals surface area contributed by atoms with Crippen molar-refractivity contribution in [2.24, 2.45) is 0 Å². The zero-order chi connectivity index (χ0) is 10.2. The summed E-state index contributed by atoms with van der Waals surface area (Å²) in [6.45, 7) is 2.80. The van der Waals surface area contributed by atoms with Crippen LogP contribution < -0.4 is 5.56 Å². The lowest BCUT2D eigenvalue weighted by Gasteiger charge is -2.10. The monoisotopic (exact) mass is 191 g/mol. The van der Waals surface area contributed by atoms with Crippen LogP contribution in [0.2, 0.25) is 0 Å². The number of nitrogens with one attached hydrogen (secondary N) is 1. The Balaban J connectivity index is 3.46. The Kier molecular flexibility index (Phi) is 2.19. The Morgan fingerprint density at radius 3 is 2.31 bits per heavy atom. The highest BCUT2D eigenvalue weighted by atomic mass is 19.4. The zero-order valence-corrected chi connectivity index (χ0v) is 7.12. The number of hydrogen-bond acceptors (Lipinski definition) is 1. The summed E-state index contributed by atoms with van der Waals surface area (Å²) in [5.74, 6) is 0. The maximum atomic E-state index is 12.2. The topological polar surface area (TPSA) is 32.9 Å². The van der Waals surface area contributed by atoms with E-state index in [1.807, 2.05) is 0 Å². The van der Waals surface area contributed by atoms with Gasteiger partial charge in [-0.3, -0.25) is 4.79 Å². The van der Waals surface area contributed by atoms with Crippen LogP contribution in [-0.4, -0.2) is 4.98 Å². The average Bonchev–Trinajstić information content (AvgIpc) is 1.94. The molecule has 0 atom stereocenters. The molecule has 72 valence electrons. The van der Waals surface area contributed by atoms with Gasteiger partial charge in [0.15, 0.2) is 0 Å². The van der Waals surface area contributed by atoms with Crippen LogP contribution in [-0.2, 0) is 6.18 Å². The van der Waals surface area contributed by atoms with Gasteiger partial charge in [0.25, 0.3) is 0 Å². The van der Waals surface area contributed by atoms with E-state index in [1.54, 1.807) is 4.98 Å². The molecular formula is C8H8F3NO. The van der Waals surface area contributed by atoms with E-state index in [-0.39, 0.29) is 5.56 Å². The Morgan fingerprint density at radius 1 is 1.31 bits per heavy atom. The van der Waals surface area contributed by atoms with Gasteiger partial charge in [0.05, 0.1) is 0 Å². The van der Waals surface area contributed by atoms with E-state index in [0.717, 1.165) is 6.07 Å². The molecule has 0 saturated carbocycles. The maximum Gasteiger partial charge on any atom is 0.431 e. The van der Waals surface area contributed by atoms with E-state index in [4.69, 9.17) is 0 Å². The second kappa shape index (κ2) is 2.90. The Bertz CT molecular complexity index is 378. The molecule has 0 fully saturated rings. The van der Waals surface area contributed by atoms with Gasteiger partial charge in [-0.1, -0.05) is 0 Å². The van der Waals surface area contributed by atoms with Crippen LogP contribution in [0.5, 0.6) is 0 Å². The normalized spacial score (nSPS) is 11.8. The van der Waals surface area contributed by atoms with Crippen LogP contribution in [0, 0.1) is 13.8 Å². The third kappa shape index (κ3) is 1.91. The lowest BCUT2D eigenvalue weighted by atomic mass is 10.1. The number of aromatic amines is 1. The molecule has 1 aromatic rings. The predicted molar refractivity (Wildman–Crippen MR) is 41.5 cm³/mol. The molecule has 1 N–H and O–H groups in total. The van der Waals surface area contributed by atoms with Crippen LogP contribution in [0.1, 0.15) is 16.8 Å². The number of alkyl halides is 3. The molecule has 0 amide bonds. The Labute approximate surface area is 72.4 Å². The minimum atomic E-state index is -4.49.